The van der Waals surface area contributed by atoms with E-state index < -0.39 is 20.1 Å². The first-order valence-electron chi connectivity index (χ1n) is 11.0. The van der Waals surface area contributed by atoms with Crippen molar-refractivity contribution in [3.63, 3.8) is 0 Å². The fourth-order valence-corrected chi connectivity index (χ4v) is 6.01. The van der Waals surface area contributed by atoms with Crippen molar-refractivity contribution in [2.24, 2.45) is 0 Å². The number of quaternary nitrogens is 1. The first kappa shape index (κ1) is 29.0. The zero-order valence-electron chi connectivity index (χ0n) is 20.0. The van der Waals surface area contributed by atoms with Crippen LogP contribution in [0.2, 0.25) is 0 Å². The summed E-state index contributed by atoms with van der Waals surface area (Å²) < 4.78 is 58.3. The third-order valence-corrected chi connectivity index (χ3v) is 8.74. The van der Waals surface area contributed by atoms with Crippen molar-refractivity contribution in [3.8, 4) is 0 Å². The van der Waals surface area contributed by atoms with Crippen LogP contribution in [0.15, 0.2) is 88.7 Å². The van der Waals surface area contributed by atoms with Gasteiger partial charge in [0.25, 0.3) is 0 Å². The van der Waals surface area contributed by atoms with Gasteiger partial charge in [-0.2, -0.15) is 16.1 Å². The summed E-state index contributed by atoms with van der Waals surface area (Å²) >= 11 is 1.75. The summed E-state index contributed by atoms with van der Waals surface area (Å²) in [6.07, 6.45) is 0. The van der Waals surface area contributed by atoms with Gasteiger partial charge in [0.05, 0.1) is 22.9 Å². The van der Waals surface area contributed by atoms with Crippen molar-refractivity contribution in [2.45, 2.75) is 29.4 Å². The molecule has 7 nitrogen and oxygen atoms in total. The van der Waals surface area contributed by atoms with Crippen molar-refractivity contribution in [2.75, 3.05) is 25.4 Å². The smallest absolute Gasteiger partial charge is 0.243 e. The van der Waals surface area contributed by atoms with Crippen LogP contribution in [0.1, 0.15) is 16.7 Å². The van der Waals surface area contributed by atoms with Gasteiger partial charge in [-0.05, 0) is 43.7 Å². The lowest BCUT2D eigenvalue weighted by atomic mass is 10.2. The van der Waals surface area contributed by atoms with Crippen molar-refractivity contribution < 1.29 is 27.1 Å². The molecule has 3 aromatic carbocycles. The second kappa shape index (κ2) is 13.8. The lowest BCUT2D eigenvalue weighted by molar-refractivity contribution is -0.367. The summed E-state index contributed by atoms with van der Waals surface area (Å²) in [7, 11) is -7.71. The van der Waals surface area contributed by atoms with E-state index in [2.05, 4.69) is 17.9 Å². The van der Waals surface area contributed by atoms with Gasteiger partial charge < -0.3 is 10.3 Å². The van der Waals surface area contributed by atoms with Crippen LogP contribution in [0.4, 0.5) is 0 Å². The van der Waals surface area contributed by atoms with Crippen LogP contribution in [0.25, 0.3) is 0 Å². The second-order valence-corrected chi connectivity index (χ2v) is 12.3. The lowest BCUT2D eigenvalue weighted by Gasteiger charge is -2.20. The Hall–Kier alpha value is -2.21. The van der Waals surface area contributed by atoms with Crippen LogP contribution in [0, 0.1) is 13.8 Å². The number of hydrogen-bond acceptors (Lipinski definition) is 6. The quantitative estimate of drug-likeness (QED) is 0.314. The van der Waals surface area contributed by atoms with E-state index in [0.717, 1.165) is 22.6 Å². The standard InChI is InChI=1S/C18H24N2O2S2.C7H8O3S/c1-16-7-9-18(10-8-16)24(21,22)20(12-11-19)13-14-23-15-17-5-3-2-4-6-17;1-6-2-4-7(5-3-6)11(8,9)10/h2-10H,11-15,19H2,1H3;2-5H,1H3,(H,8,9,10). The minimum atomic E-state index is -4.27. The molecule has 0 spiro atoms. The van der Waals surface area contributed by atoms with E-state index in [-0.39, 0.29) is 4.90 Å². The van der Waals surface area contributed by atoms with Gasteiger partial charge in [-0.3, -0.25) is 0 Å². The van der Waals surface area contributed by atoms with Gasteiger partial charge in [-0.1, -0.05) is 65.7 Å². The minimum absolute atomic E-state index is 0.178. The zero-order valence-corrected chi connectivity index (χ0v) is 22.4. The third kappa shape index (κ3) is 9.75. The van der Waals surface area contributed by atoms with E-state index in [4.69, 9.17) is 0 Å². The van der Waals surface area contributed by atoms with E-state index in [1.54, 1.807) is 40.3 Å². The molecule has 0 heterocycles. The first-order chi connectivity index (χ1) is 16.5. The maximum absolute atomic E-state index is 12.8. The molecule has 0 saturated heterocycles. The summed E-state index contributed by atoms with van der Waals surface area (Å²) in [6, 6.07) is 23.0. The van der Waals surface area contributed by atoms with Gasteiger partial charge in [0, 0.05) is 18.1 Å². The van der Waals surface area contributed by atoms with Crippen LogP contribution >= 0.6 is 11.8 Å². The Kier molecular flexibility index (Phi) is 11.4. The van der Waals surface area contributed by atoms with Gasteiger partial charge in [0.2, 0.25) is 10.0 Å². The molecule has 0 aromatic heterocycles. The SMILES string of the molecule is Cc1ccc(S(=O)(=O)N(CC[NH3+])CCSCc2ccccc2)cc1.Cc1ccc(S(=O)(=O)[O-])cc1. The minimum Gasteiger partial charge on any atom is -0.744 e. The first-order valence-corrected chi connectivity index (χ1v) is 15.0. The number of aryl methyl sites for hydroxylation is 2. The molecular formula is C25H32N2O5S3. The zero-order chi connectivity index (χ0) is 25.9. The fourth-order valence-electron chi connectivity index (χ4n) is 3.02. The van der Waals surface area contributed by atoms with Crippen molar-refractivity contribution in [1.29, 1.82) is 0 Å². The average Bonchev–Trinajstić information content (AvgIpc) is 2.82. The Balaban J connectivity index is 0.000000328. The molecule has 0 fully saturated rings. The van der Waals surface area contributed by atoms with Crippen LogP contribution < -0.4 is 5.73 Å². The molecule has 3 rings (SSSR count). The molecule has 0 aliphatic heterocycles. The van der Waals surface area contributed by atoms with Crippen molar-refractivity contribution in [3.05, 3.63) is 95.6 Å². The number of nitrogens with zero attached hydrogens (tertiary/aromatic N) is 1. The van der Waals surface area contributed by atoms with Crippen molar-refractivity contribution >= 4 is 31.9 Å². The predicted molar refractivity (Wildman–Crippen MR) is 139 cm³/mol. The highest BCUT2D eigenvalue weighted by Gasteiger charge is 2.23. The Morgan fingerprint density at radius 2 is 1.29 bits per heavy atom. The van der Waals surface area contributed by atoms with E-state index in [9.17, 15) is 21.4 Å². The van der Waals surface area contributed by atoms with Crippen LogP contribution in [0.5, 0.6) is 0 Å². The van der Waals surface area contributed by atoms with E-state index in [1.807, 2.05) is 44.2 Å². The Morgan fingerprint density at radius 1 is 0.771 bits per heavy atom. The molecule has 0 radical (unpaired) electrons. The molecule has 0 aliphatic carbocycles. The average molecular weight is 537 g/mol. The molecule has 0 atom stereocenters. The molecule has 10 heteroatoms. The van der Waals surface area contributed by atoms with E-state index >= 15 is 0 Å². The summed E-state index contributed by atoms with van der Waals surface area (Å²) in [5, 5.41) is 0. The number of thioether (sulfide) groups is 1. The van der Waals surface area contributed by atoms with Crippen molar-refractivity contribution in [1.82, 2.24) is 4.31 Å². The van der Waals surface area contributed by atoms with Gasteiger partial charge in [0.15, 0.2) is 0 Å². The van der Waals surface area contributed by atoms with Gasteiger partial charge in [-0.15, -0.1) is 0 Å². The van der Waals surface area contributed by atoms with Crippen LogP contribution in [-0.4, -0.2) is 51.1 Å². The molecule has 190 valence electrons. The lowest BCUT2D eigenvalue weighted by Crippen LogP contribution is -2.55. The highest BCUT2D eigenvalue weighted by molar-refractivity contribution is 7.98. The van der Waals surface area contributed by atoms with Crippen LogP contribution in [0.3, 0.4) is 0 Å². The Morgan fingerprint density at radius 3 is 1.77 bits per heavy atom. The summed E-state index contributed by atoms with van der Waals surface area (Å²) in [6.45, 7) is 5.28. The Bertz CT molecular complexity index is 1250. The highest BCUT2D eigenvalue weighted by Crippen LogP contribution is 2.18. The number of rotatable bonds is 10. The van der Waals surface area contributed by atoms with Gasteiger partial charge in [-0.25, -0.2) is 16.8 Å². The van der Waals surface area contributed by atoms with Gasteiger partial charge in [0.1, 0.15) is 10.1 Å². The maximum Gasteiger partial charge on any atom is 0.243 e. The monoisotopic (exact) mass is 536 g/mol. The largest absolute Gasteiger partial charge is 0.744 e. The molecular weight excluding hydrogens is 504 g/mol. The molecule has 0 unspecified atom stereocenters. The molecule has 3 N–H and O–H groups in total. The molecule has 3 aromatic rings. The molecule has 0 amide bonds. The highest BCUT2D eigenvalue weighted by atomic mass is 32.2. The predicted octanol–water partition coefficient (Wildman–Crippen LogP) is 3.06. The van der Waals surface area contributed by atoms with Crippen LogP contribution in [-0.2, 0) is 25.9 Å². The summed E-state index contributed by atoms with van der Waals surface area (Å²) in [5.74, 6) is 1.66. The number of hydrogen-bond donors (Lipinski definition) is 1. The van der Waals surface area contributed by atoms with E-state index in [0.29, 0.717) is 24.5 Å². The molecule has 0 bridgehead atoms. The molecule has 0 saturated carbocycles. The second-order valence-electron chi connectivity index (χ2n) is 7.88. The summed E-state index contributed by atoms with van der Waals surface area (Å²) in [4.78, 5) is 0.178. The third-order valence-electron chi connectivity index (χ3n) is 4.97. The van der Waals surface area contributed by atoms with Gasteiger partial charge >= 0.3 is 0 Å². The molecule has 35 heavy (non-hydrogen) atoms. The normalized spacial score (nSPS) is 11.7. The van der Waals surface area contributed by atoms with E-state index in [1.165, 1.54) is 17.7 Å². The summed E-state index contributed by atoms with van der Waals surface area (Å²) in [5.41, 5.74) is 7.05. The maximum atomic E-state index is 12.8. The number of sulfonamides is 1. The Labute approximate surface area is 213 Å². The molecule has 0 aliphatic rings. The topological polar surface area (TPSA) is 122 Å². The fraction of sp³-hybridized carbons (Fsp3) is 0.280. The number of benzene rings is 3.